The van der Waals surface area contributed by atoms with Crippen molar-refractivity contribution in [1.29, 1.82) is 10.5 Å². The third-order valence-corrected chi connectivity index (χ3v) is 11.7. The molecule has 8 aromatic carbocycles. The van der Waals surface area contributed by atoms with Gasteiger partial charge in [0.1, 0.15) is 6.07 Å². The van der Waals surface area contributed by atoms with Crippen LogP contribution >= 0.6 is 0 Å². The zero-order valence-corrected chi connectivity index (χ0v) is 29.1. The molecule has 2 aliphatic carbocycles. The smallest absolute Gasteiger partial charge is 0.101 e. The zero-order chi connectivity index (χ0) is 36.0. The minimum Gasteiger partial charge on any atom is -0.307 e. The van der Waals surface area contributed by atoms with E-state index in [1.165, 1.54) is 11.1 Å². The van der Waals surface area contributed by atoms with Crippen molar-refractivity contribution in [2.45, 2.75) is 5.41 Å². The van der Waals surface area contributed by atoms with Crippen LogP contribution in [0.4, 0.5) is 0 Å². The molecule has 54 heavy (non-hydrogen) atoms. The molecule has 1 spiro atoms. The number of nitriles is 2. The van der Waals surface area contributed by atoms with Gasteiger partial charge in [-0.3, -0.25) is 0 Å². The highest BCUT2D eigenvalue weighted by atomic mass is 15.0. The maximum absolute atomic E-state index is 11.0. The molecule has 11 rings (SSSR count). The Morgan fingerprint density at radius 3 is 1.35 bits per heavy atom. The summed E-state index contributed by atoms with van der Waals surface area (Å²) in [6.07, 6.45) is 0. The van der Waals surface area contributed by atoms with Gasteiger partial charge in [-0.2, -0.15) is 10.5 Å². The summed E-state index contributed by atoms with van der Waals surface area (Å²) >= 11 is 0. The maximum atomic E-state index is 11.0. The van der Waals surface area contributed by atoms with Crippen LogP contribution in [0.15, 0.2) is 176 Å². The Labute approximate surface area is 312 Å². The van der Waals surface area contributed by atoms with Gasteiger partial charge >= 0.3 is 0 Å². The lowest BCUT2D eigenvalue weighted by Gasteiger charge is -2.31. The quantitative estimate of drug-likeness (QED) is 0.186. The Hall–Kier alpha value is -7.46. The maximum Gasteiger partial charge on any atom is 0.101 e. The molecule has 0 amide bonds. The number of nitrogens with zero attached hydrogens (tertiary/aromatic N) is 3. The fourth-order valence-electron chi connectivity index (χ4n) is 9.57. The highest BCUT2D eigenvalue weighted by Crippen LogP contribution is 2.64. The molecule has 0 N–H and O–H groups in total. The number of hydrogen-bond acceptors (Lipinski definition) is 2. The second-order valence-corrected chi connectivity index (χ2v) is 14.2. The first-order chi connectivity index (χ1) is 26.7. The van der Waals surface area contributed by atoms with Crippen LogP contribution in [-0.2, 0) is 5.41 Å². The predicted octanol–water partition coefficient (Wildman–Crippen LogP) is 12.2. The van der Waals surface area contributed by atoms with Gasteiger partial charge in [0.25, 0.3) is 0 Å². The molecule has 0 bridgehead atoms. The van der Waals surface area contributed by atoms with E-state index >= 15 is 0 Å². The molecule has 3 nitrogen and oxygen atoms in total. The highest BCUT2D eigenvalue weighted by molar-refractivity contribution is 6.13. The van der Waals surface area contributed by atoms with E-state index in [4.69, 9.17) is 0 Å². The Bertz CT molecular complexity index is 2980. The van der Waals surface area contributed by atoms with Crippen LogP contribution < -0.4 is 0 Å². The lowest BCUT2D eigenvalue weighted by molar-refractivity contribution is 0.790. The van der Waals surface area contributed by atoms with Crippen molar-refractivity contribution in [2.75, 3.05) is 0 Å². The van der Waals surface area contributed by atoms with Crippen LogP contribution in [-0.4, -0.2) is 4.57 Å². The topological polar surface area (TPSA) is 52.5 Å². The molecular weight excluding hydrogens is 655 g/mol. The molecule has 0 atom stereocenters. The second-order valence-electron chi connectivity index (χ2n) is 14.2. The van der Waals surface area contributed by atoms with E-state index < -0.39 is 5.41 Å². The van der Waals surface area contributed by atoms with E-state index in [1.807, 2.05) is 18.2 Å². The molecule has 1 heterocycles. The SMILES string of the molecule is N#Cc1cc(C#N)c2c(c1-n1c3ccc(-c4ccccc4)cc3c3cc(-c4ccccc4)ccc31)-c1ccccc1C21c2ccccc2-c2ccccc21. The molecule has 1 aromatic heterocycles. The van der Waals surface area contributed by atoms with Gasteiger partial charge in [-0.15, -0.1) is 0 Å². The first-order valence-electron chi connectivity index (χ1n) is 18.2. The van der Waals surface area contributed by atoms with Crippen molar-refractivity contribution in [3.8, 4) is 62.3 Å². The molecule has 3 heteroatoms. The third-order valence-electron chi connectivity index (χ3n) is 11.7. The molecular formula is C51H29N3. The monoisotopic (exact) mass is 683 g/mol. The van der Waals surface area contributed by atoms with E-state index in [0.717, 1.165) is 83.1 Å². The van der Waals surface area contributed by atoms with Gasteiger partial charge in [0, 0.05) is 16.3 Å². The van der Waals surface area contributed by atoms with Crippen molar-refractivity contribution in [3.63, 3.8) is 0 Å². The first-order valence-corrected chi connectivity index (χ1v) is 18.2. The standard InChI is InChI=1S/C51H29N3/c52-30-36-27-37(31-53)50(48-40-19-9-12-22-45(40)51(49(36)48)43-20-10-7-17-38(43)39-18-8-11-21-44(39)51)54-46-25-23-34(32-13-3-1-4-14-32)28-41(46)42-29-35(24-26-47(42)54)33-15-5-2-6-16-33/h1-29H. The van der Waals surface area contributed by atoms with Gasteiger partial charge in [0.15, 0.2) is 0 Å². The minimum absolute atomic E-state index is 0.467. The van der Waals surface area contributed by atoms with Crippen molar-refractivity contribution < 1.29 is 0 Å². The number of fused-ring (bicyclic) bond motifs is 13. The molecule has 0 saturated heterocycles. The number of rotatable bonds is 3. The summed E-state index contributed by atoms with van der Waals surface area (Å²) in [7, 11) is 0. The summed E-state index contributed by atoms with van der Waals surface area (Å²) in [5.41, 5.74) is 16.3. The van der Waals surface area contributed by atoms with E-state index in [1.54, 1.807) is 0 Å². The van der Waals surface area contributed by atoms with Gasteiger partial charge in [-0.25, -0.2) is 0 Å². The Balaban J connectivity index is 1.31. The van der Waals surface area contributed by atoms with Crippen molar-refractivity contribution in [3.05, 3.63) is 209 Å². The van der Waals surface area contributed by atoms with Gasteiger partial charge in [0.2, 0.25) is 0 Å². The fraction of sp³-hybridized carbons (Fsp3) is 0.0196. The lowest BCUT2D eigenvalue weighted by Crippen LogP contribution is -2.27. The molecule has 0 fully saturated rings. The number of aromatic nitrogens is 1. The molecule has 0 unspecified atom stereocenters. The average Bonchev–Trinajstić information content (AvgIpc) is 3.85. The normalized spacial score (nSPS) is 12.9. The summed E-state index contributed by atoms with van der Waals surface area (Å²) in [5.74, 6) is 0. The van der Waals surface area contributed by atoms with Crippen molar-refractivity contribution in [1.82, 2.24) is 4.57 Å². The average molecular weight is 684 g/mol. The molecule has 248 valence electrons. The summed E-state index contributed by atoms with van der Waals surface area (Å²) < 4.78 is 2.29. The molecule has 0 radical (unpaired) electrons. The Morgan fingerprint density at radius 2 is 0.852 bits per heavy atom. The fourth-order valence-corrected chi connectivity index (χ4v) is 9.57. The molecule has 9 aromatic rings. The summed E-state index contributed by atoms with van der Waals surface area (Å²) in [4.78, 5) is 0. The molecule has 2 aliphatic rings. The molecule has 0 aliphatic heterocycles. The second kappa shape index (κ2) is 11.3. The van der Waals surface area contributed by atoms with E-state index in [2.05, 4.69) is 174 Å². The van der Waals surface area contributed by atoms with Gasteiger partial charge in [-0.05, 0) is 91.5 Å². The third kappa shape index (κ3) is 3.88. The lowest BCUT2D eigenvalue weighted by atomic mass is 9.69. The summed E-state index contributed by atoms with van der Waals surface area (Å²) in [5, 5.41) is 24.3. The van der Waals surface area contributed by atoms with Crippen LogP contribution in [0.3, 0.4) is 0 Å². The van der Waals surface area contributed by atoms with Crippen molar-refractivity contribution in [2.24, 2.45) is 0 Å². The Kier molecular flexibility index (Phi) is 6.30. The highest BCUT2D eigenvalue weighted by Gasteiger charge is 2.54. The van der Waals surface area contributed by atoms with Crippen LogP contribution in [0, 0.1) is 22.7 Å². The summed E-state index contributed by atoms with van der Waals surface area (Å²) in [6.45, 7) is 0. The molecule has 0 saturated carbocycles. The van der Waals surface area contributed by atoms with Crippen LogP contribution in [0.1, 0.15) is 33.4 Å². The van der Waals surface area contributed by atoms with E-state index in [-0.39, 0.29) is 0 Å². The predicted molar refractivity (Wildman–Crippen MR) is 217 cm³/mol. The van der Waals surface area contributed by atoms with Gasteiger partial charge < -0.3 is 4.57 Å². The van der Waals surface area contributed by atoms with Crippen LogP contribution in [0.25, 0.3) is 72.0 Å². The minimum atomic E-state index is -0.730. The first kappa shape index (κ1) is 30.2. The van der Waals surface area contributed by atoms with E-state index in [9.17, 15) is 10.5 Å². The number of hydrogen-bond donors (Lipinski definition) is 0. The van der Waals surface area contributed by atoms with Crippen molar-refractivity contribution >= 4 is 21.8 Å². The summed E-state index contributed by atoms with van der Waals surface area (Å²) in [6, 6.07) is 67.1. The zero-order valence-electron chi connectivity index (χ0n) is 29.1. The van der Waals surface area contributed by atoms with Crippen LogP contribution in [0.5, 0.6) is 0 Å². The van der Waals surface area contributed by atoms with Gasteiger partial charge in [-0.1, -0.05) is 146 Å². The number of benzene rings is 8. The van der Waals surface area contributed by atoms with E-state index in [0.29, 0.717) is 11.1 Å². The van der Waals surface area contributed by atoms with Crippen LogP contribution in [0.2, 0.25) is 0 Å². The largest absolute Gasteiger partial charge is 0.307 e. The van der Waals surface area contributed by atoms with Gasteiger partial charge in [0.05, 0.1) is 39.3 Å². The Morgan fingerprint density at radius 1 is 0.407 bits per heavy atom.